The molecule has 6 heteroatoms. The predicted octanol–water partition coefficient (Wildman–Crippen LogP) is 2.11. The lowest BCUT2D eigenvalue weighted by molar-refractivity contribution is -0.159. The molecule has 28 heavy (non-hydrogen) atoms. The number of carbonyl (C=O) groups is 2. The molecule has 5 aliphatic rings. The van der Waals surface area contributed by atoms with Crippen molar-refractivity contribution in [2.24, 2.45) is 23.2 Å². The Hall–Kier alpha value is -1.61. The Kier molecular flexibility index (Phi) is 4.94. The van der Waals surface area contributed by atoms with Crippen molar-refractivity contribution in [2.75, 3.05) is 39.8 Å². The Bertz CT molecular complexity index is 652. The molecule has 0 aromatic carbocycles. The van der Waals surface area contributed by atoms with E-state index in [1.807, 2.05) is 0 Å². The molecule has 1 saturated heterocycles. The second-order valence-corrected chi connectivity index (χ2v) is 10.4. The molecule has 6 nitrogen and oxygen atoms in total. The largest absolute Gasteiger partial charge is 0.340 e. The average molecular weight is 387 g/mol. The van der Waals surface area contributed by atoms with Gasteiger partial charge in [-0.15, -0.1) is 0 Å². The van der Waals surface area contributed by atoms with Gasteiger partial charge >= 0.3 is 0 Å². The van der Waals surface area contributed by atoms with Crippen LogP contribution >= 0.6 is 0 Å². The van der Waals surface area contributed by atoms with E-state index in [2.05, 4.69) is 15.9 Å². The number of carbonyl (C=O) groups excluding carboxylic acids is 2. The van der Waals surface area contributed by atoms with Crippen LogP contribution in [0.5, 0.6) is 0 Å². The van der Waals surface area contributed by atoms with Gasteiger partial charge in [-0.05, 0) is 70.1 Å². The summed E-state index contributed by atoms with van der Waals surface area (Å²) in [6, 6.07) is 2.18. The minimum atomic E-state index is -0.798. The van der Waals surface area contributed by atoms with Gasteiger partial charge in [-0.1, -0.05) is 0 Å². The molecule has 1 aliphatic heterocycles. The molecule has 0 N–H and O–H groups in total. The van der Waals surface area contributed by atoms with Crippen LogP contribution in [0.15, 0.2) is 0 Å². The quantitative estimate of drug-likeness (QED) is 0.742. The first kappa shape index (κ1) is 19.7. The molecule has 4 saturated carbocycles. The zero-order chi connectivity index (χ0) is 20.1. The predicted molar refractivity (Wildman–Crippen MR) is 106 cm³/mol. The van der Waals surface area contributed by atoms with Gasteiger partial charge in [0.2, 0.25) is 11.8 Å². The second-order valence-electron chi connectivity index (χ2n) is 10.4. The first-order chi connectivity index (χ1) is 13.2. The Morgan fingerprint density at radius 3 is 2.00 bits per heavy atom. The Morgan fingerprint density at radius 2 is 1.54 bits per heavy atom. The Labute approximate surface area is 168 Å². The third-order valence-electron chi connectivity index (χ3n) is 8.00. The lowest BCUT2D eigenvalue weighted by Gasteiger charge is -2.57. The maximum atomic E-state index is 13.5. The maximum Gasteiger partial charge on any atom is 0.237 e. The first-order valence-electron chi connectivity index (χ1n) is 10.9. The number of likely N-dealkylation sites (N-methyl/N-ethyl adjacent to an activating group) is 1. The summed E-state index contributed by atoms with van der Waals surface area (Å²) < 4.78 is 0. The first-order valence-corrected chi connectivity index (χ1v) is 10.9. The van der Waals surface area contributed by atoms with Crippen molar-refractivity contribution < 1.29 is 9.59 Å². The van der Waals surface area contributed by atoms with Crippen LogP contribution in [-0.2, 0) is 9.59 Å². The number of piperazine rings is 1. The van der Waals surface area contributed by atoms with E-state index in [1.54, 1.807) is 20.9 Å². The van der Waals surface area contributed by atoms with Crippen LogP contribution in [0.1, 0.15) is 52.4 Å². The summed E-state index contributed by atoms with van der Waals surface area (Å²) in [6.07, 6.45) is 7.42. The molecule has 0 radical (unpaired) electrons. The Morgan fingerprint density at radius 1 is 1.04 bits per heavy atom. The van der Waals surface area contributed by atoms with Crippen LogP contribution in [0.3, 0.4) is 0 Å². The summed E-state index contributed by atoms with van der Waals surface area (Å²) in [4.78, 5) is 31.7. The van der Waals surface area contributed by atoms with E-state index in [1.165, 1.54) is 24.2 Å². The van der Waals surface area contributed by atoms with E-state index in [4.69, 9.17) is 0 Å². The van der Waals surface area contributed by atoms with Crippen LogP contribution in [0, 0.1) is 34.5 Å². The minimum absolute atomic E-state index is 0.0348. The molecular weight excluding hydrogens is 352 g/mol. The van der Waals surface area contributed by atoms with Crippen molar-refractivity contribution >= 4 is 11.8 Å². The van der Waals surface area contributed by atoms with Crippen molar-refractivity contribution in [1.82, 2.24) is 14.7 Å². The molecule has 0 aromatic heterocycles. The molecule has 1 heterocycles. The molecule has 0 spiro atoms. The van der Waals surface area contributed by atoms with Crippen molar-refractivity contribution in [3.63, 3.8) is 0 Å². The number of nitriles is 1. The number of nitrogens with zero attached hydrogens (tertiary/aromatic N) is 4. The van der Waals surface area contributed by atoms with E-state index in [-0.39, 0.29) is 11.3 Å². The average Bonchev–Trinajstić information content (AvgIpc) is 2.66. The number of amides is 2. The van der Waals surface area contributed by atoms with Crippen LogP contribution in [0.25, 0.3) is 0 Å². The highest BCUT2D eigenvalue weighted by Crippen LogP contribution is 2.60. The van der Waals surface area contributed by atoms with E-state index in [0.717, 1.165) is 63.2 Å². The summed E-state index contributed by atoms with van der Waals surface area (Å²) in [5.74, 6) is 2.72. The molecule has 0 atom stereocenters. The number of hydrogen-bond acceptors (Lipinski definition) is 4. The van der Waals surface area contributed by atoms with Crippen molar-refractivity contribution in [2.45, 2.75) is 57.9 Å². The van der Waals surface area contributed by atoms with E-state index in [0.29, 0.717) is 12.5 Å². The molecular formula is C22H34N4O2. The lowest BCUT2D eigenvalue weighted by Crippen LogP contribution is -2.59. The molecule has 5 fully saturated rings. The van der Waals surface area contributed by atoms with Gasteiger partial charge in [0, 0.05) is 33.2 Å². The lowest BCUT2D eigenvalue weighted by atomic mass is 9.49. The van der Waals surface area contributed by atoms with Gasteiger partial charge in [0.25, 0.3) is 0 Å². The highest BCUT2D eigenvalue weighted by molar-refractivity contribution is 5.83. The zero-order valence-electron chi connectivity index (χ0n) is 17.6. The summed E-state index contributed by atoms with van der Waals surface area (Å²) in [5, 5.41) is 9.23. The van der Waals surface area contributed by atoms with E-state index < -0.39 is 5.54 Å². The maximum absolute atomic E-state index is 13.5. The molecule has 5 rings (SSSR count). The Balaban J connectivity index is 1.32. The topological polar surface area (TPSA) is 67.7 Å². The summed E-state index contributed by atoms with van der Waals surface area (Å²) >= 11 is 0. The smallest absolute Gasteiger partial charge is 0.237 e. The highest BCUT2D eigenvalue weighted by Gasteiger charge is 2.55. The fraction of sp³-hybridized carbons (Fsp3) is 0.864. The highest BCUT2D eigenvalue weighted by atomic mass is 16.2. The van der Waals surface area contributed by atoms with Crippen LogP contribution in [0.2, 0.25) is 0 Å². The number of rotatable bonds is 4. The normalized spacial score (nSPS) is 34.9. The third kappa shape index (κ3) is 3.43. The fourth-order valence-corrected chi connectivity index (χ4v) is 6.50. The van der Waals surface area contributed by atoms with Crippen molar-refractivity contribution in [3.8, 4) is 6.07 Å². The van der Waals surface area contributed by atoms with E-state index in [9.17, 15) is 14.9 Å². The molecule has 0 aromatic rings. The second kappa shape index (κ2) is 7.02. The standard InChI is InChI=1S/C22H34N4O2/c1-21(2,15-23)24(3)19(27)14-25-4-6-26(7-5-25)20(28)22-11-16-8-17(12-22)10-18(9-16)13-22/h16-18H,4-14H2,1-3H3. The summed E-state index contributed by atoms with van der Waals surface area (Å²) in [6.45, 7) is 6.76. The SMILES string of the molecule is CN(C(=O)CN1CCN(C(=O)C23CC4CC(CC(C4)C2)C3)CC1)C(C)(C)C#N. The molecule has 4 aliphatic carbocycles. The molecule has 154 valence electrons. The van der Waals surface area contributed by atoms with Crippen LogP contribution < -0.4 is 0 Å². The third-order valence-corrected chi connectivity index (χ3v) is 8.00. The summed E-state index contributed by atoms with van der Waals surface area (Å²) in [7, 11) is 1.69. The van der Waals surface area contributed by atoms with Crippen molar-refractivity contribution in [3.05, 3.63) is 0 Å². The minimum Gasteiger partial charge on any atom is -0.340 e. The van der Waals surface area contributed by atoms with Gasteiger partial charge in [-0.3, -0.25) is 14.5 Å². The van der Waals surface area contributed by atoms with Gasteiger partial charge in [0.05, 0.1) is 18.0 Å². The van der Waals surface area contributed by atoms with Gasteiger partial charge in [0.1, 0.15) is 5.54 Å². The molecule has 0 unspecified atom stereocenters. The molecule has 4 bridgehead atoms. The monoisotopic (exact) mass is 386 g/mol. The number of hydrogen-bond donors (Lipinski definition) is 0. The van der Waals surface area contributed by atoms with Gasteiger partial charge in [0.15, 0.2) is 0 Å². The van der Waals surface area contributed by atoms with Crippen LogP contribution in [-0.4, -0.2) is 71.8 Å². The van der Waals surface area contributed by atoms with Crippen LogP contribution in [0.4, 0.5) is 0 Å². The van der Waals surface area contributed by atoms with Gasteiger partial charge in [-0.25, -0.2) is 0 Å². The summed E-state index contributed by atoms with van der Waals surface area (Å²) in [5.41, 5.74) is -0.864. The van der Waals surface area contributed by atoms with Gasteiger partial charge in [-0.2, -0.15) is 5.26 Å². The molecule has 2 amide bonds. The zero-order valence-corrected chi connectivity index (χ0v) is 17.6. The van der Waals surface area contributed by atoms with Crippen molar-refractivity contribution in [1.29, 1.82) is 5.26 Å². The van der Waals surface area contributed by atoms with Gasteiger partial charge < -0.3 is 9.80 Å². The van der Waals surface area contributed by atoms with E-state index >= 15 is 0 Å². The fourth-order valence-electron chi connectivity index (χ4n) is 6.50.